The number of Topliss-reactive ketones (excluding diaryl/α,β-unsaturated/α-hetero) is 1. The van der Waals surface area contributed by atoms with Gasteiger partial charge in [-0.15, -0.1) is 0 Å². The third kappa shape index (κ3) is 5.62. The second-order valence-corrected chi connectivity index (χ2v) is 8.82. The van der Waals surface area contributed by atoms with Crippen LogP contribution in [-0.2, 0) is 25.5 Å². The number of aryl methyl sites for hydroxylation is 1. The molecule has 0 heterocycles. The van der Waals surface area contributed by atoms with Gasteiger partial charge in [0.05, 0.1) is 20.1 Å². The molecule has 0 bridgehead atoms. The van der Waals surface area contributed by atoms with Gasteiger partial charge in [0.15, 0.2) is 11.7 Å². The number of benzene rings is 3. The van der Waals surface area contributed by atoms with Crippen LogP contribution < -0.4 is 0 Å². The van der Waals surface area contributed by atoms with E-state index in [1.165, 1.54) is 14.2 Å². The van der Waals surface area contributed by atoms with Crippen molar-refractivity contribution in [3.05, 3.63) is 106 Å². The minimum Gasteiger partial charge on any atom is -0.468 e. The molecule has 0 saturated carbocycles. The van der Waals surface area contributed by atoms with Crippen molar-refractivity contribution in [2.75, 3.05) is 14.2 Å². The van der Waals surface area contributed by atoms with E-state index in [1.54, 1.807) is 24.3 Å². The van der Waals surface area contributed by atoms with Crippen LogP contribution in [0.4, 0.5) is 0 Å². The molecule has 3 rings (SSSR count). The molecule has 176 valence electrons. The molecule has 0 spiro atoms. The van der Waals surface area contributed by atoms with Crippen molar-refractivity contribution in [3.63, 3.8) is 0 Å². The number of carbonyl (C=O) groups is 3. The fraction of sp³-hybridized carbons (Fsp3) is 0.250. The normalized spacial score (nSPS) is 12.6. The summed E-state index contributed by atoms with van der Waals surface area (Å²) in [5.74, 6) is -4.73. The summed E-state index contributed by atoms with van der Waals surface area (Å²) >= 11 is 3.43. The van der Waals surface area contributed by atoms with Crippen molar-refractivity contribution < 1.29 is 23.9 Å². The quantitative estimate of drug-likeness (QED) is 0.204. The van der Waals surface area contributed by atoms with Crippen molar-refractivity contribution in [1.29, 1.82) is 0 Å². The number of esters is 2. The Hall–Kier alpha value is -3.25. The zero-order chi connectivity index (χ0) is 24.7. The molecule has 6 heteroatoms. The number of hydrogen-bond donors (Lipinski definition) is 0. The molecule has 0 aliphatic heterocycles. The van der Waals surface area contributed by atoms with Gasteiger partial charge in [0.2, 0.25) is 0 Å². The highest BCUT2D eigenvalue weighted by Crippen LogP contribution is 2.42. The van der Waals surface area contributed by atoms with Crippen LogP contribution in [0.25, 0.3) is 0 Å². The Labute approximate surface area is 208 Å². The van der Waals surface area contributed by atoms with E-state index >= 15 is 0 Å². The minimum absolute atomic E-state index is 0.195. The first kappa shape index (κ1) is 25.4. The monoisotopic (exact) mass is 522 g/mol. The molecule has 0 aliphatic rings. The fourth-order valence-corrected chi connectivity index (χ4v) is 4.44. The van der Waals surface area contributed by atoms with E-state index in [-0.39, 0.29) is 5.78 Å². The van der Waals surface area contributed by atoms with Crippen LogP contribution in [-0.4, -0.2) is 31.9 Å². The van der Waals surface area contributed by atoms with Gasteiger partial charge < -0.3 is 9.47 Å². The molecule has 34 heavy (non-hydrogen) atoms. The van der Waals surface area contributed by atoms with Gasteiger partial charge >= 0.3 is 11.9 Å². The lowest BCUT2D eigenvalue weighted by Crippen LogP contribution is -2.37. The minimum atomic E-state index is -1.33. The molecular weight excluding hydrogens is 496 g/mol. The molecule has 3 aromatic carbocycles. The van der Waals surface area contributed by atoms with Crippen LogP contribution in [0.2, 0.25) is 0 Å². The van der Waals surface area contributed by atoms with Gasteiger partial charge in [-0.2, -0.15) is 0 Å². The molecule has 0 amide bonds. The van der Waals surface area contributed by atoms with E-state index in [4.69, 9.17) is 9.47 Å². The first-order chi connectivity index (χ1) is 16.4. The number of carbonyl (C=O) groups excluding carboxylic acids is 3. The molecule has 0 radical (unpaired) electrons. The van der Waals surface area contributed by atoms with Crippen LogP contribution in [0.15, 0.2) is 83.3 Å². The van der Waals surface area contributed by atoms with Gasteiger partial charge in [0, 0.05) is 16.0 Å². The SMILES string of the molecule is CCc1ccc(C(=O)[C@@H](c2ccccc2)[C@H](c2ccc(Br)cc2)C(C(=O)OC)C(=O)OC)cc1. The summed E-state index contributed by atoms with van der Waals surface area (Å²) in [5, 5.41) is 0. The highest BCUT2D eigenvalue weighted by Gasteiger charge is 2.45. The topological polar surface area (TPSA) is 69.7 Å². The van der Waals surface area contributed by atoms with Gasteiger partial charge in [-0.25, -0.2) is 0 Å². The van der Waals surface area contributed by atoms with Crippen LogP contribution in [0.3, 0.4) is 0 Å². The Morgan fingerprint density at radius 3 is 1.82 bits per heavy atom. The standard InChI is InChI=1S/C28H27BrO5/c1-4-18-10-12-21(13-11-18)26(30)24(19-8-6-5-7-9-19)23(20-14-16-22(29)17-15-20)25(27(31)33-2)28(32)34-3/h5-17,23-25H,4H2,1-3H3/t23-,24-/m0/s1. The summed E-state index contributed by atoms with van der Waals surface area (Å²) in [6.07, 6.45) is 0.852. The van der Waals surface area contributed by atoms with Crippen LogP contribution in [0.5, 0.6) is 0 Å². The van der Waals surface area contributed by atoms with Crippen molar-refractivity contribution in [2.45, 2.75) is 25.2 Å². The molecule has 2 atom stereocenters. The Balaban J connectivity index is 2.25. The van der Waals surface area contributed by atoms with E-state index in [0.717, 1.165) is 16.5 Å². The van der Waals surface area contributed by atoms with E-state index in [0.29, 0.717) is 16.7 Å². The first-order valence-electron chi connectivity index (χ1n) is 11.0. The summed E-state index contributed by atoms with van der Waals surface area (Å²) in [4.78, 5) is 39.9. The average molecular weight is 523 g/mol. The molecule has 3 aromatic rings. The highest BCUT2D eigenvalue weighted by atomic mass is 79.9. The molecule has 0 fully saturated rings. The van der Waals surface area contributed by atoms with Crippen LogP contribution in [0.1, 0.15) is 45.8 Å². The van der Waals surface area contributed by atoms with Crippen molar-refractivity contribution >= 4 is 33.7 Å². The summed E-state index contributed by atoms with van der Waals surface area (Å²) < 4.78 is 10.8. The van der Waals surface area contributed by atoms with Gasteiger partial charge in [0.1, 0.15) is 0 Å². The predicted octanol–water partition coefficient (Wildman–Crippen LogP) is 5.72. The molecule has 0 aliphatic carbocycles. The first-order valence-corrected chi connectivity index (χ1v) is 11.8. The summed E-state index contributed by atoms with van der Waals surface area (Å²) in [6.45, 7) is 2.05. The van der Waals surface area contributed by atoms with E-state index in [2.05, 4.69) is 15.9 Å². The Bertz CT molecular complexity index is 1110. The Morgan fingerprint density at radius 2 is 1.32 bits per heavy atom. The lowest BCUT2D eigenvalue weighted by atomic mass is 9.70. The number of hydrogen-bond acceptors (Lipinski definition) is 5. The smallest absolute Gasteiger partial charge is 0.320 e. The molecule has 0 aromatic heterocycles. The second-order valence-electron chi connectivity index (χ2n) is 7.90. The summed E-state index contributed by atoms with van der Waals surface area (Å²) in [5.41, 5.74) is 2.95. The fourth-order valence-electron chi connectivity index (χ4n) is 4.17. The van der Waals surface area contributed by atoms with Gasteiger partial charge in [-0.1, -0.05) is 89.6 Å². The number of ketones is 1. The predicted molar refractivity (Wildman–Crippen MR) is 134 cm³/mol. The van der Waals surface area contributed by atoms with Crippen molar-refractivity contribution in [3.8, 4) is 0 Å². The van der Waals surface area contributed by atoms with Gasteiger partial charge in [-0.3, -0.25) is 14.4 Å². The number of methoxy groups -OCH3 is 2. The number of ether oxygens (including phenoxy) is 2. The Kier molecular flexibility index (Phi) is 8.77. The average Bonchev–Trinajstić information content (AvgIpc) is 2.88. The lowest BCUT2D eigenvalue weighted by molar-refractivity contribution is -0.160. The third-order valence-corrected chi connectivity index (χ3v) is 6.50. The summed E-state index contributed by atoms with van der Waals surface area (Å²) in [7, 11) is 2.44. The Morgan fingerprint density at radius 1 is 0.765 bits per heavy atom. The largest absolute Gasteiger partial charge is 0.468 e. The van der Waals surface area contributed by atoms with Crippen LogP contribution >= 0.6 is 15.9 Å². The maximum atomic E-state index is 14.0. The zero-order valence-electron chi connectivity index (χ0n) is 19.4. The molecule has 0 unspecified atom stereocenters. The highest BCUT2D eigenvalue weighted by molar-refractivity contribution is 9.10. The molecular formula is C28H27BrO5. The third-order valence-electron chi connectivity index (χ3n) is 5.97. The lowest BCUT2D eigenvalue weighted by Gasteiger charge is -2.31. The number of halogens is 1. The molecule has 0 N–H and O–H groups in total. The maximum Gasteiger partial charge on any atom is 0.320 e. The molecule has 5 nitrogen and oxygen atoms in total. The zero-order valence-corrected chi connectivity index (χ0v) is 20.9. The molecule has 0 saturated heterocycles. The van der Waals surface area contributed by atoms with E-state index < -0.39 is 29.7 Å². The number of rotatable bonds is 9. The maximum absolute atomic E-state index is 14.0. The van der Waals surface area contributed by atoms with Gasteiger partial charge in [-0.05, 0) is 35.2 Å². The van der Waals surface area contributed by atoms with Crippen molar-refractivity contribution in [1.82, 2.24) is 0 Å². The second kappa shape index (κ2) is 11.7. The van der Waals surface area contributed by atoms with E-state index in [1.807, 2.05) is 61.5 Å². The van der Waals surface area contributed by atoms with E-state index in [9.17, 15) is 14.4 Å². The van der Waals surface area contributed by atoms with Gasteiger partial charge in [0.25, 0.3) is 0 Å². The van der Waals surface area contributed by atoms with Crippen molar-refractivity contribution in [2.24, 2.45) is 5.92 Å². The summed E-state index contributed by atoms with van der Waals surface area (Å²) in [6, 6.07) is 23.8. The van der Waals surface area contributed by atoms with Crippen LogP contribution in [0, 0.1) is 5.92 Å².